The highest BCUT2D eigenvalue weighted by Crippen LogP contribution is 2.35. The molecule has 0 spiro atoms. The van der Waals surface area contributed by atoms with E-state index < -0.39 is 9.84 Å². The molecule has 1 aromatic rings. The zero-order chi connectivity index (χ0) is 13.3. The minimum Gasteiger partial charge on any atom is -0.379 e. The molecule has 0 saturated heterocycles. The van der Waals surface area contributed by atoms with Gasteiger partial charge in [-0.2, -0.15) is 0 Å². The van der Waals surface area contributed by atoms with Crippen molar-refractivity contribution in [2.24, 2.45) is 0 Å². The molecule has 0 aliphatic heterocycles. The van der Waals surface area contributed by atoms with Crippen LogP contribution in [0.2, 0.25) is 0 Å². The third kappa shape index (κ3) is 3.08. The molecule has 1 aliphatic rings. The summed E-state index contributed by atoms with van der Waals surface area (Å²) in [5.74, 6) is 0. The first kappa shape index (κ1) is 14.3. The highest BCUT2D eigenvalue weighted by molar-refractivity contribution is 9.11. The first-order chi connectivity index (χ1) is 8.39. The Morgan fingerprint density at radius 3 is 2.39 bits per heavy atom. The van der Waals surface area contributed by atoms with Crippen molar-refractivity contribution >= 4 is 47.4 Å². The molecule has 0 bridgehead atoms. The molecule has 1 N–H and O–H groups in total. The summed E-state index contributed by atoms with van der Waals surface area (Å²) >= 11 is 6.97. The molecule has 6 heteroatoms. The first-order valence-electron chi connectivity index (χ1n) is 5.79. The fourth-order valence-corrected chi connectivity index (χ4v) is 5.05. The highest BCUT2D eigenvalue weighted by Gasteiger charge is 2.35. The second kappa shape index (κ2) is 5.51. The average Bonchev–Trinajstić information content (AvgIpc) is 2.71. The molecule has 0 radical (unpaired) electrons. The van der Waals surface area contributed by atoms with Crippen LogP contribution in [0.25, 0.3) is 0 Å². The number of nitrogens with one attached hydrogen (secondary N) is 1. The first-order valence-corrected chi connectivity index (χ1v) is 9.33. The molecule has 2 unspecified atom stereocenters. The van der Waals surface area contributed by atoms with E-state index in [4.69, 9.17) is 0 Å². The summed E-state index contributed by atoms with van der Waals surface area (Å²) in [6.45, 7) is 0. The van der Waals surface area contributed by atoms with Gasteiger partial charge in [0.25, 0.3) is 0 Å². The van der Waals surface area contributed by atoms with E-state index >= 15 is 0 Å². The Balaban J connectivity index is 2.24. The van der Waals surface area contributed by atoms with Crippen molar-refractivity contribution in [1.82, 2.24) is 0 Å². The minimum atomic E-state index is -2.99. The zero-order valence-corrected chi connectivity index (χ0v) is 14.0. The van der Waals surface area contributed by atoms with E-state index in [1.165, 1.54) is 6.26 Å². The van der Waals surface area contributed by atoms with E-state index in [0.29, 0.717) is 0 Å². The van der Waals surface area contributed by atoms with E-state index in [2.05, 4.69) is 37.2 Å². The Labute approximate surface area is 125 Å². The molecule has 18 heavy (non-hydrogen) atoms. The third-order valence-electron chi connectivity index (χ3n) is 3.29. The van der Waals surface area contributed by atoms with Gasteiger partial charge in [-0.3, -0.25) is 0 Å². The van der Waals surface area contributed by atoms with Crippen molar-refractivity contribution in [3.8, 4) is 0 Å². The van der Waals surface area contributed by atoms with Gasteiger partial charge < -0.3 is 5.32 Å². The zero-order valence-electron chi connectivity index (χ0n) is 9.99. The van der Waals surface area contributed by atoms with Crippen LogP contribution in [0.15, 0.2) is 27.1 Å². The largest absolute Gasteiger partial charge is 0.379 e. The number of hydrogen-bond donors (Lipinski definition) is 1. The predicted octanol–water partition coefficient (Wildman–Crippen LogP) is 3.59. The van der Waals surface area contributed by atoms with Gasteiger partial charge in [0.1, 0.15) is 0 Å². The maximum Gasteiger partial charge on any atom is 0.152 e. The molecule has 1 saturated carbocycles. The van der Waals surface area contributed by atoms with Crippen LogP contribution in [0, 0.1) is 0 Å². The number of rotatable bonds is 3. The molecule has 0 aromatic heterocycles. The quantitative estimate of drug-likeness (QED) is 0.848. The molecule has 2 atom stereocenters. The van der Waals surface area contributed by atoms with Crippen molar-refractivity contribution in [1.29, 1.82) is 0 Å². The fraction of sp³-hybridized carbons (Fsp3) is 0.500. The number of halogens is 2. The number of hydrogen-bond acceptors (Lipinski definition) is 3. The Kier molecular flexibility index (Phi) is 4.39. The lowest BCUT2D eigenvalue weighted by molar-refractivity contribution is 0.579. The number of benzene rings is 1. The summed E-state index contributed by atoms with van der Waals surface area (Å²) in [4.78, 5) is 0. The van der Waals surface area contributed by atoms with Crippen LogP contribution in [0.5, 0.6) is 0 Å². The number of para-hydroxylation sites is 1. The fourth-order valence-electron chi connectivity index (χ4n) is 2.42. The van der Waals surface area contributed by atoms with Crippen LogP contribution in [0.4, 0.5) is 5.69 Å². The normalized spacial score (nSPS) is 24.2. The van der Waals surface area contributed by atoms with Crippen LogP contribution in [-0.2, 0) is 9.84 Å². The maximum atomic E-state index is 11.7. The lowest BCUT2D eigenvalue weighted by atomic mass is 10.2. The maximum absolute atomic E-state index is 11.7. The highest BCUT2D eigenvalue weighted by atomic mass is 79.9. The van der Waals surface area contributed by atoms with Crippen LogP contribution in [0.3, 0.4) is 0 Å². The molecule has 2 rings (SSSR count). The van der Waals surface area contributed by atoms with Gasteiger partial charge in [-0.25, -0.2) is 8.42 Å². The van der Waals surface area contributed by atoms with Gasteiger partial charge in [-0.05, 0) is 63.3 Å². The summed E-state index contributed by atoms with van der Waals surface area (Å²) in [5, 5.41) is 3.08. The molecule has 1 aromatic carbocycles. The smallest absolute Gasteiger partial charge is 0.152 e. The van der Waals surface area contributed by atoms with Gasteiger partial charge in [0, 0.05) is 21.2 Å². The van der Waals surface area contributed by atoms with Crippen LogP contribution < -0.4 is 5.32 Å². The monoisotopic (exact) mass is 395 g/mol. The lowest BCUT2D eigenvalue weighted by Crippen LogP contribution is -2.34. The SMILES string of the molecule is CS(=O)(=O)C1CCCC1Nc1c(Br)cccc1Br. The van der Waals surface area contributed by atoms with Gasteiger partial charge in [-0.1, -0.05) is 6.07 Å². The van der Waals surface area contributed by atoms with Gasteiger partial charge in [0.15, 0.2) is 9.84 Å². The van der Waals surface area contributed by atoms with Crippen LogP contribution >= 0.6 is 31.9 Å². The molecule has 100 valence electrons. The van der Waals surface area contributed by atoms with Crippen molar-refractivity contribution in [3.63, 3.8) is 0 Å². The molecule has 3 nitrogen and oxygen atoms in total. The molecule has 0 amide bonds. The summed E-state index contributed by atoms with van der Waals surface area (Å²) < 4.78 is 25.4. The predicted molar refractivity (Wildman–Crippen MR) is 81.7 cm³/mol. The molecule has 1 fully saturated rings. The van der Waals surface area contributed by atoms with E-state index in [1.807, 2.05) is 18.2 Å². The van der Waals surface area contributed by atoms with Crippen molar-refractivity contribution < 1.29 is 8.42 Å². The summed E-state index contributed by atoms with van der Waals surface area (Å²) in [6, 6.07) is 5.81. The topological polar surface area (TPSA) is 46.2 Å². The van der Waals surface area contributed by atoms with E-state index in [0.717, 1.165) is 33.9 Å². The standard InChI is InChI=1S/C12H15Br2NO2S/c1-18(16,17)11-7-3-6-10(11)15-12-8(13)4-2-5-9(12)14/h2,4-5,10-11,15H,3,6-7H2,1H3. The molecule has 1 aliphatic carbocycles. The summed E-state index contributed by atoms with van der Waals surface area (Å²) in [7, 11) is -2.99. The minimum absolute atomic E-state index is 0.00463. The van der Waals surface area contributed by atoms with Crippen molar-refractivity contribution in [2.75, 3.05) is 11.6 Å². The Bertz CT molecular complexity index is 525. The summed E-state index contributed by atoms with van der Waals surface area (Å²) in [5.41, 5.74) is 0.929. The molecular formula is C12H15Br2NO2S. The molecular weight excluding hydrogens is 382 g/mol. The average molecular weight is 397 g/mol. The van der Waals surface area contributed by atoms with E-state index in [1.54, 1.807) is 0 Å². The second-order valence-electron chi connectivity index (χ2n) is 4.65. The van der Waals surface area contributed by atoms with Crippen molar-refractivity contribution in [3.05, 3.63) is 27.1 Å². The Morgan fingerprint density at radius 2 is 1.83 bits per heavy atom. The van der Waals surface area contributed by atoms with Gasteiger partial charge in [0.2, 0.25) is 0 Å². The van der Waals surface area contributed by atoms with Gasteiger partial charge in [-0.15, -0.1) is 0 Å². The van der Waals surface area contributed by atoms with Crippen LogP contribution in [-0.4, -0.2) is 26.0 Å². The van der Waals surface area contributed by atoms with E-state index in [9.17, 15) is 8.42 Å². The van der Waals surface area contributed by atoms with Gasteiger partial charge in [0.05, 0.1) is 10.9 Å². The lowest BCUT2D eigenvalue weighted by Gasteiger charge is -2.22. The third-order valence-corrected chi connectivity index (χ3v) is 6.28. The second-order valence-corrected chi connectivity index (χ2v) is 8.62. The number of sulfone groups is 1. The van der Waals surface area contributed by atoms with E-state index in [-0.39, 0.29) is 11.3 Å². The molecule has 0 heterocycles. The Morgan fingerprint density at radius 1 is 1.22 bits per heavy atom. The van der Waals surface area contributed by atoms with Gasteiger partial charge >= 0.3 is 0 Å². The summed E-state index contributed by atoms with van der Waals surface area (Å²) in [6.07, 6.45) is 3.92. The van der Waals surface area contributed by atoms with Crippen LogP contribution in [0.1, 0.15) is 19.3 Å². The number of anilines is 1. The van der Waals surface area contributed by atoms with Crippen molar-refractivity contribution in [2.45, 2.75) is 30.6 Å². The Hall–Kier alpha value is -0.0700.